The molecule has 1 amide bonds. The fourth-order valence-electron chi connectivity index (χ4n) is 2.12. The lowest BCUT2D eigenvalue weighted by atomic mass is 10.1. The van der Waals surface area contributed by atoms with Gasteiger partial charge in [0.25, 0.3) is 0 Å². The summed E-state index contributed by atoms with van der Waals surface area (Å²) in [6.45, 7) is 5.73. The lowest BCUT2D eigenvalue weighted by molar-refractivity contribution is -0.121. The maximum Gasteiger partial charge on any atom is 0.220 e. The van der Waals surface area contributed by atoms with E-state index in [1.165, 1.54) is 0 Å². The van der Waals surface area contributed by atoms with Crippen LogP contribution in [0.1, 0.15) is 44.7 Å². The van der Waals surface area contributed by atoms with Crippen LogP contribution in [0, 0.1) is 0 Å². The van der Waals surface area contributed by atoms with Gasteiger partial charge in [-0.3, -0.25) is 4.79 Å². The molecule has 0 spiro atoms. The third-order valence-electron chi connectivity index (χ3n) is 3.18. The van der Waals surface area contributed by atoms with Gasteiger partial charge in [0.05, 0.1) is 5.75 Å². The molecule has 1 unspecified atom stereocenters. The number of carbonyl (C=O) groups is 1. The summed E-state index contributed by atoms with van der Waals surface area (Å²) in [7, 11) is -3.40. The van der Waals surface area contributed by atoms with Crippen molar-refractivity contribution in [2.45, 2.75) is 58.0 Å². The number of hydrogen-bond acceptors (Lipinski definition) is 4. The van der Waals surface area contributed by atoms with Crippen molar-refractivity contribution >= 4 is 28.3 Å². The number of benzene rings is 1. The molecule has 0 radical (unpaired) electrons. The zero-order chi connectivity index (χ0) is 17.5. The molecule has 0 bridgehead atoms. The van der Waals surface area contributed by atoms with Crippen molar-refractivity contribution < 1.29 is 13.2 Å². The molecule has 1 aromatic carbocycles. The van der Waals surface area contributed by atoms with Crippen molar-refractivity contribution in [1.29, 1.82) is 0 Å². The highest BCUT2D eigenvalue weighted by atomic mass is 35.5. The van der Waals surface area contributed by atoms with Gasteiger partial charge < -0.3 is 11.1 Å². The van der Waals surface area contributed by atoms with Crippen LogP contribution in [-0.4, -0.2) is 26.4 Å². The Morgan fingerprint density at radius 1 is 1.17 bits per heavy atom. The van der Waals surface area contributed by atoms with Crippen molar-refractivity contribution in [2.24, 2.45) is 5.73 Å². The van der Waals surface area contributed by atoms with Gasteiger partial charge in [-0.2, -0.15) is 0 Å². The molecule has 0 aromatic heterocycles. The summed E-state index contributed by atoms with van der Waals surface area (Å²) >= 11 is 0. The molecule has 0 aliphatic carbocycles. The predicted octanol–water partition coefficient (Wildman–Crippen LogP) is 1.68. The van der Waals surface area contributed by atoms with E-state index < -0.39 is 10.0 Å². The second kappa shape index (κ2) is 10.7. The highest BCUT2D eigenvalue weighted by Crippen LogP contribution is 2.12. The van der Waals surface area contributed by atoms with Crippen LogP contribution in [-0.2, 0) is 27.1 Å². The number of rotatable bonds is 9. The van der Waals surface area contributed by atoms with E-state index in [1.807, 2.05) is 19.1 Å². The first-order valence-electron chi connectivity index (χ1n) is 7.78. The monoisotopic (exact) mass is 377 g/mol. The Morgan fingerprint density at radius 2 is 1.75 bits per heavy atom. The van der Waals surface area contributed by atoms with E-state index in [9.17, 15) is 13.2 Å². The van der Waals surface area contributed by atoms with E-state index in [2.05, 4.69) is 10.0 Å². The van der Waals surface area contributed by atoms with E-state index in [0.717, 1.165) is 5.56 Å². The van der Waals surface area contributed by atoms with E-state index >= 15 is 0 Å². The molecule has 6 nitrogen and oxygen atoms in total. The lowest BCUT2D eigenvalue weighted by Crippen LogP contribution is -2.32. The van der Waals surface area contributed by atoms with Gasteiger partial charge in [0.15, 0.2) is 0 Å². The number of amides is 1. The molecule has 1 rings (SSSR count). The van der Waals surface area contributed by atoms with Gasteiger partial charge in [0, 0.05) is 25.0 Å². The summed E-state index contributed by atoms with van der Waals surface area (Å²) in [6.07, 6.45) is 0.993. The minimum Gasteiger partial charge on any atom is -0.352 e. The Labute approximate surface area is 151 Å². The van der Waals surface area contributed by atoms with Crippen LogP contribution in [0.15, 0.2) is 24.3 Å². The Hall–Kier alpha value is -1.15. The van der Waals surface area contributed by atoms with Crippen molar-refractivity contribution in [2.75, 3.05) is 0 Å². The Bertz CT molecular complexity index is 619. The standard InChI is InChI=1S/C16H27N3O3S.ClH/c1-12(2)19-23(21,22)11-15-7-5-4-6-14(15)10-18-16(20)9-8-13(3)17;/h4-7,12-13,19H,8-11,17H2,1-3H3,(H,18,20);1H. The Balaban J connectivity index is 0.00000529. The highest BCUT2D eigenvalue weighted by Gasteiger charge is 2.15. The van der Waals surface area contributed by atoms with Gasteiger partial charge in [-0.15, -0.1) is 12.4 Å². The number of carbonyl (C=O) groups excluding carboxylic acids is 1. The minimum atomic E-state index is -3.40. The van der Waals surface area contributed by atoms with E-state index in [0.29, 0.717) is 24.9 Å². The van der Waals surface area contributed by atoms with Gasteiger partial charge >= 0.3 is 0 Å². The normalized spacial score (nSPS) is 12.5. The summed E-state index contributed by atoms with van der Waals surface area (Å²) in [5.41, 5.74) is 7.12. The molecule has 8 heteroatoms. The smallest absolute Gasteiger partial charge is 0.220 e. The minimum absolute atomic E-state index is 0. The number of nitrogens with two attached hydrogens (primary N) is 1. The van der Waals surface area contributed by atoms with Crippen LogP contribution in [0.4, 0.5) is 0 Å². The van der Waals surface area contributed by atoms with Crippen molar-refractivity contribution in [3.05, 3.63) is 35.4 Å². The van der Waals surface area contributed by atoms with E-state index in [-0.39, 0.29) is 36.2 Å². The van der Waals surface area contributed by atoms with Crippen molar-refractivity contribution in [3.63, 3.8) is 0 Å². The number of sulfonamides is 1. The molecule has 24 heavy (non-hydrogen) atoms. The highest BCUT2D eigenvalue weighted by molar-refractivity contribution is 7.88. The molecule has 0 aliphatic heterocycles. The Kier molecular flexibility index (Phi) is 10.1. The molecular formula is C16H28ClN3O3S. The first kappa shape index (κ1) is 22.9. The number of halogens is 1. The Morgan fingerprint density at radius 3 is 2.29 bits per heavy atom. The molecule has 1 atom stereocenters. The van der Waals surface area contributed by atoms with E-state index in [1.54, 1.807) is 26.0 Å². The third-order valence-corrected chi connectivity index (χ3v) is 4.70. The molecule has 0 heterocycles. The van der Waals surface area contributed by atoms with Gasteiger partial charge in [-0.1, -0.05) is 24.3 Å². The number of nitrogens with one attached hydrogen (secondary N) is 2. The maximum atomic E-state index is 12.1. The van der Waals surface area contributed by atoms with Crippen LogP contribution >= 0.6 is 12.4 Å². The second-order valence-electron chi connectivity index (χ2n) is 6.09. The average Bonchev–Trinajstić information content (AvgIpc) is 2.42. The van der Waals surface area contributed by atoms with Gasteiger partial charge in [-0.25, -0.2) is 13.1 Å². The topological polar surface area (TPSA) is 101 Å². The van der Waals surface area contributed by atoms with Gasteiger partial charge in [0.2, 0.25) is 15.9 Å². The molecule has 1 aromatic rings. The summed E-state index contributed by atoms with van der Waals surface area (Å²) < 4.78 is 26.7. The van der Waals surface area contributed by atoms with Gasteiger partial charge in [-0.05, 0) is 38.3 Å². The SMILES string of the molecule is CC(N)CCC(=O)NCc1ccccc1CS(=O)(=O)NC(C)C.Cl. The van der Waals surface area contributed by atoms with E-state index in [4.69, 9.17) is 5.73 Å². The first-order valence-corrected chi connectivity index (χ1v) is 9.44. The van der Waals surface area contributed by atoms with Gasteiger partial charge in [0.1, 0.15) is 0 Å². The lowest BCUT2D eigenvalue weighted by Gasteiger charge is -2.13. The fourth-order valence-corrected chi connectivity index (χ4v) is 3.61. The van der Waals surface area contributed by atoms with Crippen LogP contribution in [0.25, 0.3) is 0 Å². The maximum absolute atomic E-state index is 12.1. The molecule has 0 saturated heterocycles. The predicted molar refractivity (Wildman–Crippen MR) is 99.3 cm³/mol. The second-order valence-corrected chi connectivity index (χ2v) is 7.85. The summed E-state index contributed by atoms with van der Waals surface area (Å²) in [5, 5.41) is 2.81. The first-order chi connectivity index (χ1) is 10.7. The molecular weight excluding hydrogens is 350 g/mol. The largest absolute Gasteiger partial charge is 0.352 e. The fraction of sp³-hybridized carbons (Fsp3) is 0.562. The van der Waals surface area contributed by atoms with Crippen molar-refractivity contribution in [3.8, 4) is 0 Å². The molecule has 0 saturated carbocycles. The summed E-state index contributed by atoms with van der Waals surface area (Å²) in [4.78, 5) is 11.8. The zero-order valence-corrected chi connectivity index (χ0v) is 16.0. The number of hydrogen-bond donors (Lipinski definition) is 3. The third kappa shape index (κ3) is 9.22. The molecule has 138 valence electrons. The van der Waals surface area contributed by atoms with Crippen molar-refractivity contribution in [1.82, 2.24) is 10.0 Å². The van der Waals surface area contributed by atoms with Crippen LogP contribution in [0.3, 0.4) is 0 Å². The quantitative estimate of drug-likeness (QED) is 0.609. The van der Waals surface area contributed by atoms with Crippen LogP contribution in [0.2, 0.25) is 0 Å². The average molecular weight is 378 g/mol. The molecule has 4 N–H and O–H groups in total. The zero-order valence-electron chi connectivity index (χ0n) is 14.4. The molecule has 0 aliphatic rings. The van der Waals surface area contributed by atoms with Crippen LogP contribution < -0.4 is 15.8 Å². The molecule has 0 fully saturated rings. The van der Waals surface area contributed by atoms with Crippen LogP contribution in [0.5, 0.6) is 0 Å². The summed E-state index contributed by atoms with van der Waals surface area (Å²) in [6, 6.07) is 7.05. The summed E-state index contributed by atoms with van der Waals surface area (Å²) in [5.74, 6) is -0.183.